The molecule has 0 spiro atoms. The van der Waals surface area contributed by atoms with Gasteiger partial charge in [0, 0.05) is 34.2 Å². The number of rotatable bonds is 9. The molecule has 3 heterocycles. The molecule has 2 aliphatic heterocycles. The molecular formula is C27H53N7. The summed E-state index contributed by atoms with van der Waals surface area (Å²) in [5.74, 6) is 0. The van der Waals surface area contributed by atoms with E-state index in [1.807, 2.05) is 0 Å². The number of piperidine rings is 2. The lowest BCUT2D eigenvalue weighted by Crippen LogP contribution is -2.61. The van der Waals surface area contributed by atoms with E-state index in [-0.39, 0.29) is 22.2 Å². The smallest absolute Gasteiger partial charge is 0.0529 e. The SMILES string of the molecule is CC1(C)CC(NCCCCCCNC2CC(C)(C)NC(C)(C)C2)CC(C)(C)N1.c1cnnnc1. The molecule has 7 nitrogen and oxygen atoms in total. The molecule has 0 aromatic carbocycles. The van der Waals surface area contributed by atoms with E-state index in [1.54, 1.807) is 18.5 Å². The van der Waals surface area contributed by atoms with Crippen molar-refractivity contribution in [1.29, 1.82) is 0 Å². The molecule has 196 valence electrons. The van der Waals surface area contributed by atoms with Crippen molar-refractivity contribution in [3.05, 3.63) is 18.5 Å². The quantitative estimate of drug-likeness (QED) is 0.398. The van der Waals surface area contributed by atoms with Gasteiger partial charge in [-0.05, 0) is 118 Å². The highest BCUT2D eigenvalue weighted by molar-refractivity contribution is 5.00. The van der Waals surface area contributed by atoms with Crippen LogP contribution in [0, 0.1) is 0 Å². The largest absolute Gasteiger partial charge is 0.314 e. The fourth-order valence-electron chi connectivity index (χ4n) is 6.35. The van der Waals surface area contributed by atoms with Crippen LogP contribution in [0.2, 0.25) is 0 Å². The molecule has 0 saturated carbocycles. The molecule has 0 bridgehead atoms. The van der Waals surface area contributed by atoms with E-state index in [2.05, 4.69) is 92.1 Å². The molecule has 0 radical (unpaired) electrons. The number of hydrogen-bond donors (Lipinski definition) is 4. The predicted octanol–water partition coefficient (Wildman–Crippen LogP) is 4.22. The van der Waals surface area contributed by atoms with Crippen molar-refractivity contribution >= 4 is 0 Å². The lowest BCUT2D eigenvalue weighted by Gasteiger charge is -2.47. The summed E-state index contributed by atoms with van der Waals surface area (Å²) in [6, 6.07) is 3.02. The maximum atomic E-state index is 3.83. The normalized spacial score (nSPS) is 23.6. The highest BCUT2D eigenvalue weighted by atomic mass is 15.3. The standard InChI is InChI=1S/C24H50N4.C3H3N3/c1-21(2)15-19(16-22(3,4)27-21)25-13-11-9-10-12-14-26-20-17-23(5,6)28-24(7,8)18-20;1-2-4-6-5-3-1/h19-20,25-28H,9-18H2,1-8H3;1-3H. The van der Waals surface area contributed by atoms with Crippen LogP contribution < -0.4 is 21.3 Å². The lowest BCUT2D eigenvalue weighted by molar-refractivity contribution is 0.145. The fourth-order valence-corrected chi connectivity index (χ4v) is 6.35. The molecule has 0 aliphatic carbocycles. The zero-order valence-corrected chi connectivity index (χ0v) is 23.3. The average molecular weight is 476 g/mol. The van der Waals surface area contributed by atoms with E-state index in [4.69, 9.17) is 0 Å². The monoisotopic (exact) mass is 475 g/mol. The Morgan fingerprint density at radius 3 is 1.24 bits per heavy atom. The van der Waals surface area contributed by atoms with Crippen LogP contribution in [-0.2, 0) is 0 Å². The van der Waals surface area contributed by atoms with Crippen LogP contribution in [0.3, 0.4) is 0 Å². The summed E-state index contributed by atoms with van der Waals surface area (Å²) in [6.45, 7) is 21.0. The van der Waals surface area contributed by atoms with Gasteiger partial charge in [0.1, 0.15) is 0 Å². The number of aromatic nitrogens is 3. The van der Waals surface area contributed by atoms with Crippen LogP contribution in [0.1, 0.15) is 107 Å². The maximum absolute atomic E-state index is 3.83. The summed E-state index contributed by atoms with van der Waals surface area (Å²) in [4.78, 5) is 0. The van der Waals surface area contributed by atoms with Gasteiger partial charge in [0.05, 0.1) is 12.4 Å². The number of nitrogens with zero attached hydrogens (tertiary/aromatic N) is 3. The molecule has 1 aromatic rings. The van der Waals surface area contributed by atoms with Crippen molar-refractivity contribution in [2.45, 2.75) is 141 Å². The first-order valence-electron chi connectivity index (χ1n) is 13.4. The van der Waals surface area contributed by atoms with Gasteiger partial charge in [0.25, 0.3) is 0 Å². The second-order valence-corrected chi connectivity index (χ2v) is 13.1. The van der Waals surface area contributed by atoms with E-state index in [1.165, 1.54) is 64.5 Å². The second kappa shape index (κ2) is 12.7. The van der Waals surface area contributed by atoms with Gasteiger partial charge in [0.15, 0.2) is 0 Å². The van der Waals surface area contributed by atoms with Gasteiger partial charge in [-0.2, -0.15) is 0 Å². The number of nitrogens with one attached hydrogen (secondary N) is 4. The van der Waals surface area contributed by atoms with Gasteiger partial charge in [-0.1, -0.05) is 12.8 Å². The Labute approximate surface area is 209 Å². The summed E-state index contributed by atoms with van der Waals surface area (Å²) < 4.78 is 0. The first-order valence-corrected chi connectivity index (χ1v) is 13.4. The van der Waals surface area contributed by atoms with E-state index in [0.717, 1.165) is 0 Å². The topological polar surface area (TPSA) is 86.8 Å². The molecule has 3 rings (SSSR count). The summed E-state index contributed by atoms with van der Waals surface area (Å²) in [7, 11) is 0. The van der Waals surface area contributed by atoms with Gasteiger partial charge >= 0.3 is 0 Å². The number of hydrogen-bond acceptors (Lipinski definition) is 7. The first kappa shape index (κ1) is 29.1. The van der Waals surface area contributed by atoms with Gasteiger partial charge in [0.2, 0.25) is 0 Å². The molecule has 2 fully saturated rings. The molecule has 0 amide bonds. The summed E-state index contributed by atoms with van der Waals surface area (Å²) in [5, 5.41) is 25.3. The molecule has 7 heteroatoms. The van der Waals surface area contributed by atoms with Gasteiger partial charge < -0.3 is 21.3 Å². The summed E-state index contributed by atoms with van der Waals surface area (Å²) in [6.07, 6.45) is 13.3. The minimum Gasteiger partial charge on any atom is -0.314 e. The third-order valence-corrected chi connectivity index (χ3v) is 6.76. The molecule has 4 N–H and O–H groups in total. The Morgan fingerprint density at radius 2 is 0.971 bits per heavy atom. The van der Waals surface area contributed by atoms with Crippen molar-refractivity contribution in [1.82, 2.24) is 36.7 Å². The molecule has 2 saturated heterocycles. The van der Waals surface area contributed by atoms with Gasteiger partial charge in [-0.3, -0.25) is 0 Å². The molecule has 0 unspecified atom stereocenters. The van der Waals surface area contributed by atoms with Crippen molar-refractivity contribution in [3.63, 3.8) is 0 Å². The van der Waals surface area contributed by atoms with Crippen molar-refractivity contribution in [2.75, 3.05) is 13.1 Å². The summed E-state index contributed by atoms with van der Waals surface area (Å²) in [5.41, 5.74) is 0.956. The average Bonchev–Trinajstić information content (AvgIpc) is 2.67. The molecule has 0 atom stereocenters. The highest BCUT2D eigenvalue weighted by Crippen LogP contribution is 2.29. The third kappa shape index (κ3) is 12.0. The molecule has 34 heavy (non-hydrogen) atoms. The summed E-state index contributed by atoms with van der Waals surface area (Å²) >= 11 is 0. The van der Waals surface area contributed by atoms with E-state index < -0.39 is 0 Å². The van der Waals surface area contributed by atoms with E-state index >= 15 is 0 Å². The Bertz CT molecular complexity index is 585. The minimum atomic E-state index is 0.239. The third-order valence-electron chi connectivity index (χ3n) is 6.76. The van der Waals surface area contributed by atoms with Crippen molar-refractivity contribution in [2.24, 2.45) is 0 Å². The van der Waals surface area contributed by atoms with Crippen LogP contribution >= 0.6 is 0 Å². The molecule has 2 aliphatic rings. The Morgan fingerprint density at radius 1 is 0.618 bits per heavy atom. The van der Waals surface area contributed by atoms with Crippen LogP contribution in [0.5, 0.6) is 0 Å². The fraction of sp³-hybridized carbons (Fsp3) is 0.889. The van der Waals surface area contributed by atoms with Crippen molar-refractivity contribution < 1.29 is 0 Å². The van der Waals surface area contributed by atoms with Crippen molar-refractivity contribution in [3.8, 4) is 0 Å². The molecule has 1 aromatic heterocycles. The van der Waals surface area contributed by atoms with E-state index in [0.29, 0.717) is 12.1 Å². The van der Waals surface area contributed by atoms with Crippen LogP contribution in [-0.4, -0.2) is 62.7 Å². The van der Waals surface area contributed by atoms with Gasteiger partial charge in [-0.25, -0.2) is 0 Å². The van der Waals surface area contributed by atoms with Crippen LogP contribution in [0.4, 0.5) is 0 Å². The van der Waals surface area contributed by atoms with Gasteiger partial charge in [-0.15, -0.1) is 10.2 Å². The lowest BCUT2D eigenvalue weighted by atomic mass is 9.79. The minimum absolute atomic E-state index is 0.239. The van der Waals surface area contributed by atoms with Crippen LogP contribution in [0.15, 0.2) is 18.5 Å². The van der Waals surface area contributed by atoms with E-state index in [9.17, 15) is 0 Å². The second-order valence-electron chi connectivity index (χ2n) is 13.1. The maximum Gasteiger partial charge on any atom is 0.0529 e. The zero-order valence-electron chi connectivity index (χ0n) is 23.3. The molecular weight excluding hydrogens is 422 g/mol. The zero-order chi connectivity index (χ0) is 25.3. The predicted molar refractivity (Wildman–Crippen MR) is 143 cm³/mol. The number of unbranched alkanes of at least 4 members (excludes halogenated alkanes) is 3. The Kier molecular flexibility index (Phi) is 10.9. The van der Waals surface area contributed by atoms with Crippen LogP contribution in [0.25, 0.3) is 0 Å². The Balaban J connectivity index is 0.000000589. The highest BCUT2D eigenvalue weighted by Gasteiger charge is 2.38. The first-order chi connectivity index (χ1) is 15.8. The Hall–Kier alpha value is -1.15.